The normalized spacial score (nSPS) is 15.4. The van der Waals surface area contributed by atoms with Crippen LogP contribution in [0.1, 0.15) is 52.0 Å². The Morgan fingerprint density at radius 1 is 1.04 bits per heavy atom. The van der Waals surface area contributed by atoms with Crippen molar-refractivity contribution in [2.45, 2.75) is 46.5 Å². The molecule has 1 aromatic carbocycles. The van der Waals surface area contributed by atoms with E-state index in [4.69, 9.17) is 0 Å². The molecule has 0 amide bonds. The van der Waals surface area contributed by atoms with Crippen LogP contribution in [0.3, 0.4) is 0 Å². The monoisotopic (exact) mass is 322 g/mol. The molecular formula is C22H30N2. The van der Waals surface area contributed by atoms with Crippen LogP contribution < -0.4 is 10.6 Å². The Morgan fingerprint density at radius 2 is 1.58 bits per heavy atom. The van der Waals surface area contributed by atoms with Gasteiger partial charge in [-0.3, -0.25) is 0 Å². The standard InChI is InChI=1S/C22H30N2/c1-8-14(3)20-16(5)24-17(6)21(15(4)9-2)22(20)18-11-10-12-19(13-18)23-7/h10-13,22-24H,3-4,8-9H2,1-2,5-7H3. The van der Waals surface area contributed by atoms with Gasteiger partial charge in [-0.1, -0.05) is 39.1 Å². The van der Waals surface area contributed by atoms with Crippen LogP contribution in [0, 0.1) is 0 Å². The zero-order valence-corrected chi connectivity index (χ0v) is 15.7. The third kappa shape index (κ3) is 3.33. The second kappa shape index (κ2) is 7.57. The number of nitrogens with one attached hydrogen (secondary N) is 2. The fraction of sp³-hybridized carbons (Fsp3) is 0.364. The summed E-state index contributed by atoms with van der Waals surface area (Å²) in [6.07, 6.45) is 1.89. The molecule has 1 heterocycles. The summed E-state index contributed by atoms with van der Waals surface area (Å²) in [5, 5.41) is 6.81. The molecule has 2 rings (SSSR count). The van der Waals surface area contributed by atoms with Gasteiger partial charge in [-0.25, -0.2) is 0 Å². The molecule has 24 heavy (non-hydrogen) atoms. The molecule has 2 nitrogen and oxygen atoms in total. The fourth-order valence-electron chi connectivity index (χ4n) is 3.52. The zero-order chi connectivity index (χ0) is 17.9. The highest BCUT2D eigenvalue weighted by atomic mass is 14.9. The van der Waals surface area contributed by atoms with Crippen molar-refractivity contribution < 1.29 is 0 Å². The first kappa shape index (κ1) is 18.1. The molecule has 2 N–H and O–H groups in total. The minimum absolute atomic E-state index is 0.194. The minimum atomic E-state index is 0.194. The number of hydrogen-bond donors (Lipinski definition) is 2. The topological polar surface area (TPSA) is 24.1 Å². The lowest BCUT2D eigenvalue weighted by atomic mass is 9.74. The van der Waals surface area contributed by atoms with Crippen molar-refractivity contribution in [2.24, 2.45) is 0 Å². The summed E-state index contributed by atoms with van der Waals surface area (Å²) in [6.45, 7) is 17.3. The van der Waals surface area contributed by atoms with Crippen LogP contribution in [0.25, 0.3) is 0 Å². The molecule has 1 aromatic rings. The smallest absolute Gasteiger partial charge is 0.0379 e. The summed E-state index contributed by atoms with van der Waals surface area (Å²) in [6, 6.07) is 8.67. The Labute approximate surface area is 147 Å². The van der Waals surface area contributed by atoms with E-state index in [1.807, 2.05) is 7.05 Å². The van der Waals surface area contributed by atoms with Crippen molar-refractivity contribution in [2.75, 3.05) is 12.4 Å². The lowest BCUT2D eigenvalue weighted by Crippen LogP contribution is -2.26. The molecular weight excluding hydrogens is 292 g/mol. The average Bonchev–Trinajstić information content (AvgIpc) is 2.59. The molecule has 0 radical (unpaired) electrons. The van der Waals surface area contributed by atoms with E-state index in [1.165, 1.54) is 39.2 Å². The van der Waals surface area contributed by atoms with E-state index < -0.39 is 0 Å². The zero-order valence-electron chi connectivity index (χ0n) is 15.7. The van der Waals surface area contributed by atoms with E-state index in [2.05, 4.69) is 75.8 Å². The van der Waals surface area contributed by atoms with Crippen LogP contribution in [0.15, 0.2) is 71.1 Å². The van der Waals surface area contributed by atoms with Gasteiger partial charge in [-0.2, -0.15) is 0 Å². The first-order valence-corrected chi connectivity index (χ1v) is 8.77. The molecule has 0 saturated heterocycles. The maximum atomic E-state index is 4.34. The van der Waals surface area contributed by atoms with Gasteiger partial charge in [0.05, 0.1) is 0 Å². The largest absolute Gasteiger partial charge is 0.388 e. The van der Waals surface area contributed by atoms with Crippen molar-refractivity contribution in [1.82, 2.24) is 5.32 Å². The molecule has 2 heteroatoms. The van der Waals surface area contributed by atoms with Crippen LogP contribution >= 0.6 is 0 Å². The first-order chi connectivity index (χ1) is 11.4. The van der Waals surface area contributed by atoms with Crippen molar-refractivity contribution in [3.63, 3.8) is 0 Å². The summed E-state index contributed by atoms with van der Waals surface area (Å²) < 4.78 is 0. The summed E-state index contributed by atoms with van der Waals surface area (Å²) >= 11 is 0. The lowest BCUT2D eigenvalue weighted by Gasteiger charge is -2.34. The lowest BCUT2D eigenvalue weighted by molar-refractivity contribution is 0.770. The number of anilines is 1. The number of benzene rings is 1. The van der Waals surface area contributed by atoms with E-state index >= 15 is 0 Å². The number of rotatable bonds is 6. The van der Waals surface area contributed by atoms with Gasteiger partial charge < -0.3 is 10.6 Å². The second-order valence-electron chi connectivity index (χ2n) is 6.43. The molecule has 0 bridgehead atoms. The first-order valence-electron chi connectivity index (χ1n) is 8.77. The quantitative estimate of drug-likeness (QED) is 0.682. The van der Waals surface area contributed by atoms with Crippen molar-refractivity contribution in [3.05, 3.63) is 76.7 Å². The van der Waals surface area contributed by atoms with Crippen LogP contribution in [0.2, 0.25) is 0 Å². The maximum Gasteiger partial charge on any atom is 0.0379 e. The molecule has 0 atom stereocenters. The molecule has 1 aliphatic heterocycles. The molecule has 0 saturated carbocycles. The van der Waals surface area contributed by atoms with E-state index in [1.54, 1.807) is 0 Å². The van der Waals surface area contributed by atoms with Crippen molar-refractivity contribution in [1.29, 1.82) is 0 Å². The van der Waals surface area contributed by atoms with Gasteiger partial charge in [0.15, 0.2) is 0 Å². The molecule has 0 spiro atoms. The van der Waals surface area contributed by atoms with E-state index in [-0.39, 0.29) is 5.92 Å². The Bertz CT molecular complexity index is 681. The van der Waals surface area contributed by atoms with E-state index in [0.717, 1.165) is 18.5 Å². The molecule has 0 aliphatic carbocycles. The molecule has 0 unspecified atom stereocenters. The van der Waals surface area contributed by atoms with Crippen LogP contribution in [-0.2, 0) is 0 Å². The van der Waals surface area contributed by atoms with Gasteiger partial charge in [-0.15, -0.1) is 0 Å². The summed E-state index contributed by atoms with van der Waals surface area (Å²) in [5.41, 5.74) is 9.81. The molecule has 0 aromatic heterocycles. The number of dihydropyridines is 1. The SMILES string of the molecule is C=C(CC)C1=C(C)NC(C)=C(C(=C)CC)C1c1cccc(NC)c1. The van der Waals surface area contributed by atoms with Crippen LogP contribution in [0.4, 0.5) is 5.69 Å². The Morgan fingerprint density at radius 3 is 2.04 bits per heavy atom. The average molecular weight is 322 g/mol. The fourth-order valence-corrected chi connectivity index (χ4v) is 3.52. The highest BCUT2D eigenvalue weighted by Gasteiger charge is 2.30. The van der Waals surface area contributed by atoms with E-state index in [0.29, 0.717) is 0 Å². The predicted octanol–water partition coefficient (Wildman–Crippen LogP) is 5.90. The van der Waals surface area contributed by atoms with Gasteiger partial charge in [0.2, 0.25) is 0 Å². The van der Waals surface area contributed by atoms with Gasteiger partial charge in [0.25, 0.3) is 0 Å². The van der Waals surface area contributed by atoms with Gasteiger partial charge in [-0.05, 0) is 66.7 Å². The summed E-state index contributed by atoms with van der Waals surface area (Å²) in [4.78, 5) is 0. The second-order valence-corrected chi connectivity index (χ2v) is 6.43. The third-order valence-corrected chi connectivity index (χ3v) is 4.88. The van der Waals surface area contributed by atoms with Gasteiger partial charge in [0.1, 0.15) is 0 Å². The van der Waals surface area contributed by atoms with Crippen molar-refractivity contribution >= 4 is 5.69 Å². The molecule has 0 fully saturated rings. The minimum Gasteiger partial charge on any atom is -0.388 e. The predicted molar refractivity (Wildman–Crippen MR) is 106 cm³/mol. The molecule has 1 aliphatic rings. The Balaban J connectivity index is 2.69. The van der Waals surface area contributed by atoms with Gasteiger partial charge in [0, 0.05) is 30.0 Å². The number of allylic oxidation sites excluding steroid dienone is 6. The summed E-state index contributed by atoms with van der Waals surface area (Å²) in [7, 11) is 1.96. The van der Waals surface area contributed by atoms with Crippen molar-refractivity contribution in [3.8, 4) is 0 Å². The van der Waals surface area contributed by atoms with E-state index in [9.17, 15) is 0 Å². The Hall–Kier alpha value is -2.22. The van der Waals surface area contributed by atoms with Gasteiger partial charge >= 0.3 is 0 Å². The highest BCUT2D eigenvalue weighted by molar-refractivity contribution is 5.59. The van der Waals surface area contributed by atoms with Crippen LogP contribution in [-0.4, -0.2) is 7.05 Å². The highest BCUT2D eigenvalue weighted by Crippen LogP contribution is 2.45. The molecule has 128 valence electrons. The maximum absolute atomic E-state index is 4.34. The number of hydrogen-bond acceptors (Lipinski definition) is 2. The summed E-state index contributed by atoms with van der Waals surface area (Å²) in [5.74, 6) is 0.194. The van der Waals surface area contributed by atoms with Crippen LogP contribution in [0.5, 0.6) is 0 Å². The third-order valence-electron chi connectivity index (χ3n) is 4.88. The Kier molecular flexibility index (Phi) is 5.71.